The van der Waals surface area contributed by atoms with Gasteiger partial charge in [-0.2, -0.15) is 11.8 Å². The molecule has 72 valence electrons. The summed E-state index contributed by atoms with van der Waals surface area (Å²) in [5.41, 5.74) is 0. The lowest BCUT2D eigenvalue weighted by Crippen LogP contribution is -2.15. The lowest BCUT2D eigenvalue weighted by atomic mass is 9.92. The van der Waals surface area contributed by atoms with Crippen molar-refractivity contribution in [3.05, 3.63) is 0 Å². The van der Waals surface area contributed by atoms with Crippen LogP contribution in [0.3, 0.4) is 0 Å². The highest BCUT2D eigenvalue weighted by atomic mass is 35.5. The zero-order valence-corrected chi connectivity index (χ0v) is 9.63. The second-order valence-electron chi connectivity index (χ2n) is 3.94. The summed E-state index contributed by atoms with van der Waals surface area (Å²) in [5, 5.41) is 0.453. The van der Waals surface area contributed by atoms with E-state index in [1.54, 1.807) is 0 Å². The Hall–Kier alpha value is 0.640. The Kier molecular flexibility index (Phi) is 4.81. The van der Waals surface area contributed by atoms with Crippen molar-refractivity contribution >= 4 is 23.4 Å². The van der Waals surface area contributed by atoms with Crippen molar-refractivity contribution < 1.29 is 0 Å². The Bertz CT molecular complexity index is 127. The molecule has 1 heterocycles. The largest absolute Gasteiger partial charge is 0.160 e. The van der Waals surface area contributed by atoms with Gasteiger partial charge >= 0.3 is 0 Å². The van der Waals surface area contributed by atoms with E-state index in [0.29, 0.717) is 5.38 Å². The molecule has 3 unspecified atom stereocenters. The van der Waals surface area contributed by atoms with Gasteiger partial charge in [0.05, 0.1) is 0 Å². The van der Waals surface area contributed by atoms with E-state index in [2.05, 4.69) is 13.8 Å². The first-order valence-corrected chi connectivity index (χ1v) is 6.55. The molecular weight excluding hydrogens is 188 g/mol. The quantitative estimate of drug-likeness (QED) is 0.631. The van der Waals surface area contributed by atoms with Crippen LogP contribution in [0.1, 0.15) is 33.1 Å². The second-order valence-corrected chi connectivity index (χ2v) is 5.58. The Labute approximate surface area is 85.4 Å². The molecule has 0 N–H and O–H groups in total. The van der Waals surface area contributed by atoms with Gasteiger partial charge in [0.2, 0.25) is 0 Å². The summed E-state index contributed by atoms with van der Waals surface area (Å²) in [6.45, 7) is 4.62. The van der Waals surface area contributed by atoms with Crippen LogP contribution in [0.4, 0.5) is 0 Å². The van der Waals surface area contributed by atoms with Crippen LogP contribution < -0.4 is 0 Å². The lowest BCUT2D eigenvalue weighted by Gasteiger charge is -2.17. The molecule has 0 amide bonds. The number of thioether (sulfide) groups is 1. The SMILES string of the molecule is CCCC(C)CC1CSCC1Cl. The van der Waals surface area contributed by atoms with Crippen LogP contribution in [0.2, 0.25) is 0 Å². The predicted octanol–water partition coefficient (Wildman–Crippen LogP) is 3.78. The third-order valence-electron chi connectivity index (χ3n) is 2.61. The lowest BCUT2D eigenvalue weighted by molar-refractivity contribution is 0.400. The first-order valence-electron chi connectivity index (χ1n) is 4.95. The van der Waals surface area contributed by atoms with Gasteiger partial charge in [0.15, 0.2) is 0 Å². The molecule has 0 radical (unpaired) electrons. The fraction of sp³-hybridized carbons (Fsp3) is 1.00. The summed E-state index contributed by atoms with van der Waals surface area (Å²) in [6.07, 6.45) is 4.02. The molecule has 1 rings (SSSR count). The van der Waals surface area contributed by atoms with E-state index in [0.717, 1.165) is 11.8 Å². The van der Waals surface area contributed by atoms with E-state index in [-0.39, 0.29) is 0 Å². The zero-order chi connectivity index (χ0) is 8.97. The number of halogens is 1. The van der Waals surface area contributed by atoms with Crippen molar-refractivity contribution in [2.75, 3.05) is 11.5 Å². The third-order valence-corrected chi connectivity index (χ3v) is 4.56. The number of hydrogen-bond donors (Lipinski definition) is 0. The van der Waals surface area contributed by atoms with Gasteiger partial charge in [-0.3, -0.25) is 0 Å². The molecule has 1 fully saturated rings. The van der Waals surface area contributed by atoms with E-state index in [1.807, 2.05) is 11.8 Å². The summed E-state index contributed by atoms with van der Waals surface area (Å²) in [6, 6.07) is 0. The Morgan fingerprint density at radius 3 is 2.75 bits per heavy atom. The maximum atomic E-state index is 6.20. The summed E-state index contributed by atoms with van der Waals surface area (Å²) in [5.74, 6) is 4.13. The van der Waals surface area contributed by atoms with Crippen molar-refractivity contribution in [2.45, 2.75) is 38.5 Å². The van der Waals surface area contributed by atoms with Crippen molar-refractivity contribution in [1.82, 2.24) is 0 Å². The fourth-order valence-corrected chi connectivity index (χ4v) is 3.79. The van der Waals surface area contributed by atoms with Gasteiger partial charge in [0, 0.05) is 11.1 Å². The molecular formula is C10H19ClS. The first-order chi connectivity index (χ1) is 5.74. The highest BCUT2D eigenvalue weighted by molar-refractivity contribution is 7.99. The van der Waals surface area contributed by atoms with Gasteiger partial charge in [-0.05, 0) is 24.0 Å². The van der Waals surface area contributed by atoms with Crippen LogP contribution in [0.5, 0.6) is 0 Å². The normalized spacial score (nSPS) is 32.2. The van der Waals surface area contributed by atoms with Crippen molar-refractivity contribution in [3.8, 4) is 0 Å². The Morgan fingerprint density at radius 2 is 2.25 bits per heavy atom. The van der Waals surface area contributed by atoms with Crippen LogP contribution in [-0.2, 0) is 0 Å². The molecule has 0 saturated carbocycles. The van der Waals surface area contributed by atoms with E-state index in [1.165, 1.54) is 30.8 Å². The van der Waals surface area contributed by atoms with E-state index in [4.69, 9.17) is 11.6 Å². The Morgan fingerprint density at radius 1 is 1.50 bits per heavy atom. The third kappa shape index (κ3) is 3.18. The van der Waals surface area contributed by atoms with Crippen LogP contribution in [-0.4, -0.2) is 16.9 Å². The van der Waals surface area contributed by atoms with Crippen LogP contribution in [0, 0.1) is 11.8 Å². The standard InChI is InChI=1S/C10H19ClS/c1-3-4-8(2)5-9-6-12-7-10(9)11/h8-10H,3-7H2,1-2H3. The van der Waals surface area contributed by atoms with Gasteiger partial charge in [-0.1, -0.05) is 26.7 Å². The van der Waals surface area contributed by atoms with Gasteiger partial charge in [0.25, 0.3) is 0 Å². The highest BCUT2D eigenvalue weighted by Crippen LogP contribution is 2.33. The van der Waals surface area contributed by atoms with Gasteiger partial charge < -0.3 is 0 Å². The molecule has 0 bridgehead atoms. The van der Waals surface area contributed by atoms with Gasteiger partial charge in [0.1, 0.15) is 0 Å². The molecule has 1 aliphatic rings. The summed E-state index contributed by atoms with van der Waals surface area (Å²) < 4.78 is 0. The predicted molar refractivity (Wildman–Crippen MR) is 59.1 cm³/mol. The summed E-state index contributed by atoms with van der Waals surface area (Å²) in [7, 11) is 0. The average molecular weight is 207 g/mol. The molecule has 0 aromatic heterocycles. The maximum absolute atomic E-state index is 6.20. The van der Waals surface area contributed by atoms with Crippen LogP contribution >= 0.6 is 23.4 Å². The monoisotopic (exact) mass is 206 g/mol. The van der Waals surface area contributed by atoms with Gasteiger partial charge in [-0.15, -0.1) is 11.6 Å². The molecule has 3 atom stereocenters. The fourth-order valence-electron chi connectivity index (χ4n) is 1.92. The highest BCUT2D eigenvalue weighted by Gasteiger charge is 2.26. The number of hydrogen-bond acceptors (Lipinski definition) is 1. The van der Waals surface area contributed by atoms with Crippen LogP contribution in [0.15, 0.2) is 0 Å². The Balaban J connectivity index is 2.20. The minimum absolute atomic E-state index is 0.453. The van der Waals surface area contributed by atoms with E-state index < -0.39 is 0 Å². The first kappa shape index (κ1) is 10.7. The summed E-state index contributed by atoms with van der Waals surface area (Å²) >= 11 is 8.22. The number of alkyl halides is 1. The minimum atomic E-state index is 0.453. The smallest absolute Gasteiger partial charge is 0.0462 e. The zero-order valence-electron chi connectivity index (χ0n) is 8.05. The van der Waals surface area contributed by atoms with Crippen molar-refractivity contribution in [2.24, 2.45) is 11.8 Å². The molecule has 2 heteroatoms. The van der Waals surface area contributed by atoms with Crippen LogP contribution in [0.25, 0.3) is 0 Å². The van der Waals surface area contributed by atoms with E-state index in [9.17, 15) is 0 Å². The average Bonchev–Trinajstić information content (AvgIpc) is 2.37. The molecule has 0 aromatic rings. The molecule has 0 spiro atoms. The molecule has 12 heavy (non-hydrogen) atoms. The second kappa shape index (κ2) is 5.39. The van der Waals surface area contributed by atoms with E-state index >= 15 is 0 Å². The molecule has 0 aliphatic carbocycles. The van der Waals surface area contributed by atoms with Gasteiger partial charge in [-0.25, -0.2) is 0 Å². The molecule has 0 nitrogen and oxygen atoms in total. The minimum Gasteiger partial charge on any atom is -0.160 e. The number of rotatable bonds is 4. The summed E-state index contributed by atoms with van der Waals surface area (Å²) in [4.78, 5) is 0. The van der Waals surface area contributed by atoms with Crippen molar-refractivity contribution in [1.29, 1.82) is 0 Å². The van der Waals surface area contributed by atoms with Crippen molar-refractivity contribution in [3.63, 3.8) is 0 Å². The molecule has 0 aromatic carbocycles. The maximum Gasteiger partial charge on any atom is 0.0462 e. The molecule has 1 aliphatic heterocycles. The molecule has 1 saturated heterocycles. The topological polar surface area (TPSA) is 0 Å².